The minimum atomic E-state index is -1.73. The summed E-state index contributed by atoms with van der Waals surface area (Å²) in [5.74, 6) is 0. The van der Waals surface area contributed by atoms with E-state index in [1.54, 1.807) is 59.9 Å². The SMILES string of the molecule is Nc1cc(Sc2ccc(-c3c(S(=O)c4ccc(N)c(N)c4-c4ccc(Sc5ccc(Cl)c(N)c5)cc4)ccc(N)c3N)cc2)ccc1Cl. The third-order valence-corrected chi connectivity index (χ3v) is 11.7. The van der Waals surface area contributed by atoms with Crippen LogP contribution in [0, 0.1) is 0 Å². The van der Waals surface area contributed by atoms with E-state index >= 15 is 0 Å². The number of nitrogens with two attached hydrogens (primary N) is 6. The predicted octanol–water partition coefficient (Wildman–Crippen LogP) is 9.29. The Kier molecular flexibility index (Phi) is 9.73. The molecule has 0 saturated carbocycles. The molecule has 0 amide bonds. The molecule has 0 unspecified atom stereocenters. The van der Waals surface area contributed by atoms with Crippen LogP contribution in [0.3, 0.4) is 0 Å². The fraction of sp³-hybridized carbons (Fsp3) is 0. The van der Waals surface area contributed by atoms with Gasteiger partial charge in [0.1, 0.15) is 0 Å². The number of hydrogen-bond acceptors (Lipinski definition) is 9. The number of hydrogen-bond donors (Lipinski definition) is 6. The van der Waals surface area contributed by atoms with Gasteiger partial charge < -0.3 is 34.4 Å². The molecule has 0 saturated heterocycles. The lowest BCUT2D eigenvalue weighted by Crippen LogP contribution is -2.06. The molecule has 0 fully saturated rings. The summed E-state index contributed by atoms with van der Waals surface area (Å²) in [5, 5.41) is 1.02. The fourth-order valence-electron chi connectivity index (χ4n) is 5.08. The molecule has 0 bridgehead atoms. The summed E-state index contributed by atoms with van der Waals surface area (Å²) in [6, 6.07) is 33.4. The molecule has 0 atom stereocenters. The van der Waals surface area contributed by atoms with E-state index in [4.69, 9.17) is 57.6 Å². The molecule has 12 heteroatoms. The van der Waals surface area contributed by atoms with E-state index < -0.39 is 10.8 Å². The minimum absolute atomic E-state index is 0.334. The molecular formula is C36H30Cl2N6OS3. The fourth-order valence-corrected chi connectivity index (χ4v) is 8.49. The van der Waals surface area contributed by atoms with E-state index in [9.17, 15) is 4.21 Å². The van der Waals surface area contributed by atoms with Crippen molar-refractivity contribution >= 4 is 91.6 Å². The molecule has 6 aromatic rings. The Bertz CT molecular complexity index is 2040. The zero-order valence-corrected chi connectivity index (χ0v) is 29.2. The Morgan fingerprint density at radius 3 is 1.15 bits per heavy atom. The van der Waals surface area contributed by atoms with Gasteiger partial charge in [-0.2, -0.15) is 0 Å². The van der Waals surface area contributed by atoms with Crippen LogP contribution >= 0.6 is 46.7 Å². The Balaban J connectivity index is 1.35. The van der Waals surface area contributed by atoms with Gasteiger partial charge >= 0.3 is 0 Å². The van der Waals surface area contributed by atoms with Gasteiger partial charge in [0.15, 0.2) is 0 Å². The van der Waals surface area contributed by atoms with Gasteiger partial charge in [0, 0.05) is 30.7 Å². The number of anilines is 6. The largest absolute Gasteiger partial charge is 0.397 e. The molecule has 48 heavy (non-hydrogen) atoms. The van der Waals surface area contributed by atoms with Crippen molar-refractivity contribution < 1.29 is 4.21 Å². The van der Waals surface area contributed by atoms with Gasteiger partial charge in [0.05, 0.1) is 64.8 Å². The van der Waals surface area contributed by atoms with Crippen LogP contribution in [0.15, 0.2) is 139 Å². The molecule has 0 aliphatic carbocycles. The Hall–Kier alpha value is -4.45. The summed E-state index contributed by atoms with van der Waals surface area (Å²) in [6.45, 7) is 0. The van der Waals surface area contributed by atoms with Crippen molar-refractivity contribution in [1.82, 2.24) is 0 Å². The summed E-state index contributed by atoms with van der Waals surface area (Å²) in [6.07, 6.45) is 0. The van der Waals surface area contributed by atoms with Crippen LogP contribution in [0.1, 0.15) is 0 Å². The smallest absolute Gasteiger partial charge is 0.0863 e. The first kappa shape index (κ1) is 33.5. The van der Waals surface area contributed by atoms with Crippen LogP contribution in [0.4, 0.5) is 34.1 Å². The van der Waals surface area contributed by atoms with Crippen molar-refractivity contribution in [2.75, 3.05) is 34.4 Å². The monoisotopic (exact) mass is 728 g/mol. The van der Waals surface area contributed by atoms with Crippen LogP contribution in [0.2, 0.25) is 10.0 Å². The van der Waals surface area contributed by atoms with Gasteiger partial charge in [-0.15, -0.1) is 0 Å². The van der Waals surface area contributed by atoms with Crippen LogP contribution in [-0.4, -0.2) is 4.21 Å². The second-order valence-corrected chi connectivity index (χ2v) is 15.3. The standard InChI is InChI=1S/C36H30Cl2N6OS3/c37-25-11-9-23(17-29(25)41)46-21-5-1-19(2-6-21)33-31(15-13-27(39)35(33)43)48(45)32-16-14-28(40)36(44)34(32)20-3-7-22(8-4-20)47-24-10-12-26(38)30(42)18-24/h1-18H,39-44H2. The molecule has 0 aliphatic rings. The van der Waals surface area contributed by atoms with E-state index in [0.29, 0.717) is 65.1 Å². The molecule has 0 heterocycles. The molecule has 6 rings (SSSR count). The lowest BCUT2D eigenvalue weighted by Gasteiger charge is -2.18. The third kappa shape index (κ3) is 6.89. The van der Waals surface area contributed by atoms with E-state index in [1.165, 1.54) is 0 Å². The molecule has 0 radical (unpaired) electrons. The normalized spacial score (nSPS) is 11.2. The van der Waals surface area contributed by atoms with Gasteiger partial charge in [-0.05, 0) is 96.1 Å². The Morgan fingerprint density at radius 1 is 0.438 bits per heavy atom. The highest BCUT2D eigenvalue weighted by Gasteiger charge is 2.23. The number of benzene rings is 6. The van der Waals surface area contributed by atoms with Gasteiger partial charge in [-0.25, -0.2) is 4.21 Å². The third-order valence-electron chi connectivity index (χ3n) is 7.57. The molecule has 0 spiro atoms. The zero-order valence-electron chi connectivity index (χ0n) is 25.2. The zero-order chi connectivity index (χ0) is 34.1. The summed E-state index contributed by atoms with van der Waals surface area (Å²) in [4.78, 5) is 4.83. The van der Waals surface area contributed by atoms with Crippen molar-refractivity contribution in [1.29, 1.82) is 0 Å². The van der Waals surface area contributed by atoms with E-state index in [-0.39, 0.29) is 0 Å². The van der Waals surface area contributed by atoms with Crippen LogP contribution in [0.5, 0.6) is 0 Å². The lowest BCUT2D eigenvalue weighted by atomic mass is 10.0. The van der Waals surface area contributed by atoms with Crippen molar-refractivity contribution in [2.45, 2.75) is 29.4 Å². The topological polar surface area (TPSA) is 173 Å². The molecule has 6 aromatic carbocycles. The Labute approximate surface area is 299 Å². The second-order valence-electron chi connectivity index (χ2n) is 10.8. The molecule has 0 aromatic heterocycles. The van der Waals surface area contributed by atoms with E-state index in [1.807, 2.05) is 72.8 Å². The molecular weight excluding hydrogens is 700 g/mol. The summed E-state index contributed by atoms with van der Waals surface area (Å²) < 4.78 is 14.6. The summed E-state index contributed by atoms with van der Waals surface area (Å²) in [7, 11) is -1.73. The van der Waals surface area contributed by atoms with E-state index in [2.05, 4.69) is 0 Å². The van der Waals surface area contributed by atoms with E-state index in [0.717, 1.165) is 30.7 Å². The maximum Gasteiger partial charge on any atom is 0.0863 e. The summed E-state index contributed by atoms with van der Waals surface area (Å²) >= 11 is 15.3. The minimum Gasteiger partial charge on any atom is -0.397 e. The first-order valence-electron chi connectivity index (χ1n) is 14.4. The molecule has 7 nitrogen and oxygen atoms in total. The highest BCUT2D eigenvalue weighted by atomic mass is 35.5. The molecule has 0 aliphatic heterocycles. The van der Waals surface area contributed by atoms with Crippen LogP contribution < -0.4 is 34.4 Å². The molecule has 242 valence electrons. The van der Waals surface area contributed by atoms with Gasteiger partial charge in [-0.1, -0.05) is 71.0 Å². The average molecular weight is 730 g/mol. The second kappa shape index (κ2) is 14.0. The quantitative estimate of drug-likeness (QED) is 0.0835. The molecule has 12 N–H and O–H groups in total. The maximum atomic E-state index is 14.6. The maximum absolute atomic E-state index is 14.6. The van der Waals surface area contributed by atoms with Crippen molar-refractivity contribution in [3.63, 3.8) is 0 Å². The van der Waals surface area contributed by atoms with Gasteiger partial charge in [-0.3, -0.25) is 0 Å². The van der Waals surface area contributed by atoms with Crippen molar-refractivity contribution in [3.8, 4) is 22.3 Å². The Morgan fingerprint density at radius 2 is 0.792 bits per heavy atom. The van der Waals surface area contributed by atoms with Crippen molar-refractivity contribution in [3.05, 3.63) is 119 Å². The van der Waals surface area contributed by atoms with Gasteiger partial charge in [0.25, 0.3) is 0 Å². The van der Waals surface area contributed by atoms with Crippen LogP contribution in [-0.2, 0) is 10.8 Å². The first-order valence-corrected chi connectivity index (χ1v) is 18.0. The van der Waals surface area contributed by atoms with Gasteiger partial charge in [0.2, 0.25) is 0 Å². The summed E-state index contributed by atoms with van der Waals surface area (Å²) in [5.41, 5.74) is 42.8. The lowest BCUT2D eigenvalue weighted by molar-refractivity contribution is 0.683. The first-order chi connectivity index (χ1) is 23.0. The van der Waals surface area contributed by atoms with Crippen LogP contribution in [0.25, 0.3) is 22.3 Å². The highest BCUT2D eigenvalue weighted by Crippen LogP contribution is 2.43. The number of halogens is 2. The number of rotatable bonds is 8. The predicted molar refractivity (Wildman–Crippen MR) is 206 cm³/mol. The number of nitrogen functional groups attached to an aromatic ring is 6. The average Bonchev–Trinajstić information content (AvgIpc) is 3.07. The highest BCUT2D eigenvalue weighted by molar-refractivity contribution is 7.99. The van der Waals surface area contributed by atoms with Crippen molar-refractivity contribution in [2.24, 2.45) is 0 Å².